The van der Waals surface area contributed by atoms with Crippen LogP contribution in [0.25, 0.3) is 5.57 Å². The van der Waals surface area contributed by atoms with Crippen molar-refractivity contribution in [3.63, 3.8) is 0 Å². The summed E-state index contributed by atoms with van der Waals surface area (Å²) in [5.41, 5.74) is 6.00. The van der Waals surface area contributed by atoms with Gasteiger partial charge in [0.05, 0.1) is 5.56 Å². The Balaban J connectivity index is 3.01. The molecule has 1 unspecified atom stereocenters. The smallest absolute Gasteiger partial charge is 0.325 e. The zero-order chi connectivity index (χ0) is 11.4. The number of nitrogens with two attached hydrogens (primary N) is 1. The second-order valence-electron chi connectivity index (χ2n) is 3.59. The zero-order valence-electron chi connectivity index (χ0n) is 8.83. The van der Waals surface area contributed by atoms with E-state index in [1.807, 2.05) is 19.9 Å². The van der Waals surface area contributed by atoms with Gasteiger partial charge in [-0.15, -0.1) is 0 Å². The third-order valence-electron chi connectivity index (χ3n) is 2.04. The van der Waals surface area contributed by atoms with Crippen LogP contribution in [0.15, 0.2) is 21.9 Å². The Morgan fingerprint density at radius 2 is 2.27 bits per heavy atom. The lowest BCUT2D eigenvalue weighted by molar-refractivity contribution is 0.757. The standard InChI is InChI=1S/C10H15N3O2/c1-6(3-4-7(2)11)8-5-12-10(15)13-9(8)14/h3,5,7H,4,11H2,1-2H3,(H2,12,13,14,15). The first-order valence-corrected chi connectivity index (χ1v) is 4.75. The summed E-state index contributed by atoms with van der Waals surface area (Å²) in [5.74, 6) is 0. The lowest BCUT2D eigenvalue weighted by atomic mass is 10.1. The zero-order valence-corrected chi connectivity index (χ0v) is 8.83. The number of H-pyrrole nitrogens is 2. The summed E-state index contributed by atoms with van der Waals surface area (Å²) >= 11 is 0. The van der Waals surface area contributed by atoms with Crippen LogP contribution in [0.1, 0.15) is 25.8 Å². The molecule has 0 aliphatic rings. The molecule has 1 aromatic rings. The topological polar surface area (TPSA) is 91.7 Å². The van der Waals surface area contributed by atoms with Crippen LogP contribution >= 0.6 is 0 Å². The highest BCUT2D eigenvalue weighted by Crippen LogP contribution is 2.07. The van der Waals surface area contributed by atoms with Gasteiger partial charge in [0.2, 0.25) is 0 Å². The van der Waals surface area contributed by atoms with Gasteiger partial charge in [0.1, 0.15) is 0 Å². The molecule has 5 heteroatoms. The van der Waals surface area contributed by atoms with Crippen molar-refractivity contribution in [2.45, 2.75) is 26.3 Å². The normalized spacial score (nSPS) is 13.9. The Bertz CT molecular complexity index is 468. The van der Waals surface area contributed by atoms with E-state index < -0.39 is 5.69 Å². The SMILES string of the molecule is CC(=CCC(C)N)c1c[nH]c(=O)[nH]c1=O. The van der Waals surface area contributed by atoms with E-state index in [-0.39, 0.29) is 11.6 Å². The second kappa shape index (κ2) is 4.75. The van der Waals surface area contributed by atoms with Gasteiger partial charge >= 0.3 is 5.69 Å². The van der Waals surface area contributed by atoms with Crippen molar-refractivity contribution in [2.75, 3.05) is 0 Å². The van der Waals surface area contributed by atoms with Gasteiger partial charge in [-0.2, -0.15) is 0 Å². The molecule has 15 heavy (non-hydrogen) atoms. The number of aromatic nitrogens is 2. The predicted molar refractivity (Wildman–Crippen MR) is 59.6 cm³/mol. The number of rotatable bonds is 3. The Hall–Kier alpha value is -1.62. The fourth-order valence-corrected chi connectivity index (χ4v) is 1.18. The Morgan fingerprint density at radius 3 is 2.80 bits per heavy atom. The van der Waals surface area contributed by atoms with E-state index in [0.29, 0.717) is 12.0 Å². The van der Waals surface area contributed by atoms with Crippen molar-refractivity contribution in [1.82, 2.24) is 9.97 Å². The number of hydrogen-bond donors (Lipinski definition) is 3. The summed E-state index contributed by atoms with van der Waals surface area (Å²) in [6.45, 7) is 3.70. The van der Waals surface area contributed by atoms with Gasteiger partial charge in [-0.05, 0) is 25.8 Å². The minimum Gasteiger partial charge on any atom is -0.328 e. The van der Waals surface area contributed by atoms with Crippen LogP contribution in [0.3, 0.4) is 0 Å². The lowest BCUT2D eigenvalue weighted by Gasteiger charge is -2.02. The molecule has 0 amide bonds. The molecule has 0 fully saturated rings. The third-order valence-corrected chi connectivity index (χ3v) is 2.04. The molecule has 0 bridgehead atoms. The molecule has 1 atom stereocenters. The number of allylic oxidation sites excluding steroid dienone is 1. The van der Waals surface area contributed by atoms with Gasteiger partial charge in [-0.1, -0.05) is 6.08 Å². The lowest BCUT2D eigenvalue weighted by Crippen LogP contribution is -2.24. The van der Waals surface area contributed by atoms with Crippen molar-refractivity contribution in [2.24, 2.45) is 5.73 Å². The highest BCUT2D eigenvalue weighted by Gasteiger charge is 2.02. The molecule has 0 aliphatic carbocycles. The van der Waals surface area contributed by atoms with E-state index in [1.165, 1.54) is 6.20 Å². The van der Waals surface area contributed by atoms with E-state index in [1.54, 1.807) is 0 Å². The van der Waals surface area contributed by atoms with Crippen LogP contribution < -0.4 is 17.0 Å². The fraction of sp³-hybridized carbons (Fsp3) is 0.400. The third kappa shape index (κ3) is 3.21. The van der Waals surface area contributed by atoms with Crippen LogP contribution in [-0.4, -0.2) is 16.0 Å². The Morgan fingerprint density at radius 1 is 1.60 bits per heavy atom. The molecule has 0 saturated heterocycles. The van der Waals surface area contributed by atoms with Crippen molar-refractivity contribution in [3.05, 3.63) is 38.7 Å². The van der Waals surface area contributed by atoms with Gasteiger partial charge in [-0.25, -0.2) is 4.79 Å². The maximum atomic E-state index is 11.4. The summed E-state index contributed by atoms with van der Waals surface area (Å²) in [5, 5.41) is 0. The first-order valence-electron chi connectivity index (χ1n) is 4.75. The quantitative estimate of drug-likeness (QED) is 0.664. The molecule has 82 valence electrons. The summed E-state index contributed by atoms with van der Waals surface area (Å²) in [4.78, 5) is 26.8. The van der Waals surface area contributed by atoms with E-state index in [9.17, 15) is 9.59 Å². The molecule has 0 radical (unpaired) electrons. The molecule has 0 aromatic carbocycles. The monoisotopic (exact) mass is 209 g/mol. The highest BCUT2D eigenvalue weighted by atomic mass is 16.2. The largest absolute Gasteiger partial charge is 0.328 e. The van der Waals surface area contributed by atoms with E-state index in [4.69, 9.17) is 5.73 Å². The Kier molecular flexibility index (Phi) is 3.62. The van der Waals surface area contributed by atoms with Gasteiger partial charge in [0.15, 0.2) is 0 Å². The van der Waals surface area contributed by atoms with Crippen LogP contribution in [0.5, 0.6) is 0 Å². The minimum atomic E-state index is -0.497. The molecule has 0 spiro atoms. The van der Waals surface area contributed by atoms with E-state index in [2.05, 4.69) is 9.97 Å². The molecular formula is C10H15N3O2. The molecule has 1 rings (SSSR count). The molecule has 0 saturated carbocycles. The first kappa shape index (κ1) is 11.5. The second-order valence-corrected chi connectivity index (χ2v) is 3.59. The van der Waals surface area contributed by atoms with Crippen LogP contribution in [0.4, 0.5) is 0 Å². The summed E-state index contributed by atoms with van der Waals surface area (Å²) in [6, 6.07) is 0.0572. The van der Waals surface area contributed by atoms with Crippen LogP contribution in [-0.2, 0) is 0 Å². The van der Waals surface area contributed by atoms with Crippen molar-refractivity contribution in [1.29, 1.82) is 0 Å². The molecular weight excluding hydrogens is 194 g/mol. The number of nitrogens with one attached hydrogen (secondary N) is 2. The van der Waals surface area contributed by atoms with Gasteiger partial charge in [0.25, 0.3) is 5.56 Å². The molecule has 1 heterocycles. The highest BCUT2D eigenvalue weighted by molar-refractivity contribution is 5.61. The molecule has 0 aliphatic heterocycles. The minimum absolute atomic E-state index is 0.0572. The predicted octanol–water partition coefficient (Wildman–Crippen LogP) is 0.204. The maximum Gasteiger partial charge on any atom is 0.325 e. The summed E-state index contributed by atoms with van der Waals surface area (Å²) in [6.07, 6.45) is 3.99. The van der Waals surface area contributed by atoms with Crippen molar-refractivity contribution < 1.29 is 0 Å². The fourth-order valence-electron chi connectivity index (χ4n) is 1.18. The molecule has 4 N–H and O–H groups in total. The van der Waals surface area contributed by atoms with Gasteiger partial charge < -0.3 is 10.7 Å². The summed E-state index contributed by atoms with van der Waals surface area (Å²) < 4.78 is 0. The van der Waals surface area contributed by atoms with Crippen molar-refractivity contribution in [3.8, 4) is 0 Å². The average Bonchev–Trinajstić information content (AvgIpc) is 2.14. The van der Waals surface area contributed by atoms with Gasteiger partial charge in [0, 0.05) is 12.2 Å². The molecule has 5 nitrogen and oxygen atoms in total. The molecule has 1 aromatic heterocycles. The van der Waals surface area contributed by atoms with E-state index >= 15 is 0 Å². The van der Waals surface area contributed by atoms with Crippen LogP contribution in [0.2, 0.25) is 0 Å². The first-order chi connectivity index (χ1) is 7.00. The summed E-state index contributed by atoms with van der Waals surface area (Å²) in [7, 11) is 0. The Labute approximate surface area is 87.0 Å². The average molecular weight is 209 g/mol. The van der Waals surface area contributed by atoms with E-state index in [0.717, 1.165) is 5.57 Å². The van der Waals surface area contributed by atoms with Crippen molar-refractivity contribution >= 4 is 5.57 Å². The maximum absolute atomic E-state index is 11.4. The number of hydrogen-bond acceptors (Lipinski definition) is 3. The van der Waals surface area contributed by atoms with Crippen LogP contribution in [0, 0.1) is 0 Å². The van der Waals surface area contributed by atoms with Gasteiger partial charge in [-0.3, -0.25) is 9.78 Å². The number of aromatic amines is 2.